The van der Waals surface area contributed by atoms with Crippen molar-refractivity contribution in [3.8, 4) is 5.75 Å². The van der Waals surface area contributed by atoms with Gasteiger partial charge in [0.1, 0.15) is 5.75 Å². The molecule has 4 heteroatoms. The Kier molecular flexibility index (Phi) is 4.26. The molecule has 1 fully saturated rings. The van der Waals surface area contributed by atoms with Gasteiger partial charge in [0.25, 0.3) is 0 Å². The lowest BCUT2D eigenvalue weighted by Crippen LogP contribution is -2.19. The highest BCUT2D eigenvalue weighted by Crippen LogP contribution is 2.31. The number of hydrogen-bond acceptors (Lipinski definition) is 3. The normalized spacial score (nSPS) is 21.5. The summed E-state index contributed by atoms with van der Waals surface area (Å²) in [6.45, 7) is 0.851. The number of ether oxygens (including phenoxy) is 2. The van der Waals surface area contributed by atoms with E-state index in [0.29, 0.717) is 5.02 Å². The van der Waals surface area contributed by atoms with E-state index in [9.17, 15) is 0 Å². The smallest absolute Gasteiger partial charge is 0.123 e. The van der Waals surface area contributed by atoms with Gasteiger partial charge >= 0.3 is 0 Å². The number of rotatable bonds is 4. The monoisotopic (exact) mass is 255 g/mol. The lowest BCUT2D eigenvalue weighted by molar-refractivity contribution is 0.0981. The van der Waals surface area contributed by atoms with Gasteiger partial charge < -0.3 is 15.2 Å². The number of nitrogens with two attached hydrogens (primary N) is 1. The Morgan fingerprint density at radius 3 is 3.06 bits per heavy atom. The minimum Gasteiger partial charge on any atom is -0.496 e. The first-order chi connectivity index (χ1) is 8.20. The van der Waals surface area contributed by atoms with Crippen LogP contribution in [0.25, 0.3) is 0 Å². The maximum Gasteiger partial charge on any atom is 0.123 e. The van der Waals surface area contributed by atoms with Crippen LogP contribution in [-0.2, 0) is 4.74 Å². The first kappa shape index (κ1) is 12.7. The summed E-state index contributed by atoms with van der Waals surface area (Å²) in [4.78, 5) is 0. The van der Waals surface area contributed by atoms with Gasteiger partial charge in [-0.3, -0.25) is 0 Å². The van der Waals surface area contributed by atoms with Crippen molar-refractivity contribution < 1.29 is 9.47 Å². The van der Waals surface area contributed by atoms with E-state index >= 15 is 0 Å². The van der Waals surface area contributed by atoms with Crippen LogP contribution in [0.5, 0.6) is 5.75 Å². The van der Waals surface area contributed by atoms with Crippen molar-refractivity contribution >= 4 is 11.6 Å². The first-order valence-electron chi connectivity index (χ1n) is 5.91. The highest BCUT2D eigenvalue weighted by atomic mass is 35.5. The first-order valence-corrected chi connectivity index (χ1v) is 6.29. The van der Waals surface area contributed by atoms with Gasteiger partial charge in [-0.25, -0.2) is 0 Å². The maximum absolute atomic E-state index is 6.20. The summed E-state index contributed by atoms with van der Waals surface area (Å²) < 4.78 is 10.9. The summed E-state index contributed by atoms with van der Waals surface area (Å²) in [5.41, 5.74) is 7.16. The summed E-state index contributed by atoms with van der Waals surface area (Å²) in [5, 5.41) is 0.684. The Labute approximate surface area is 107 Å². The largest absolute Gasteiger partial charge is 0.496 e. The minimum atomic E-state index is -0.0910. The molecule has 0 spiro atoms. The van der Waals surface area contributed by atoms with Gasteiger partial charge in [0.05, 0.1) is 13.2 Å². The van der Waals surface area contributed by atoms with Crippen LogP contribution in [0.2, 0.25) is 5.02 Å². The van der Waals surface area contributed by atoms with E-state index in [-0.39, 0.29) is 12.1 Å². The molecular formula is C13H18ClNO2. The third kappa shape index (κ3) is 3.12. The van der Waals surface area contributed by atoms with Gasteiger partial charge in [-0.1, -0.05) is 11.6 Å². The van der Waals surface area contributed by atoms with Crippen LogP contribution < -0.4 is 10.5 Å². The molecular weight excluding hydrogens is 238 g/mol. The average Bonchev–Trinajstić information content (AvgIpc) is 2.81. The molecule has 0 aromatic heterocycles. The fourth-order valence-corrected chi connectivity index (χ4v) is 2.42. The van der Waals surface area contributed by atoms with Crippen LogP contribution in [-0.4, -0.2) is 19.8 Å². The summed E-state index contributed by atoms with van der Waals surface area (Å²) in [7, 11) is 1.64. The molecule has 1 heterocycles. The van der Waals surface area contributed by atoms with Gasteiger partial charge in [-0.05, 0) is 37.5 Å². The van der Waals surface area contributed by atoms with Crippen LogP contribution in [0.4, 0.5) is 0 Å². The molecule has 2 N–H and O–H groups in total. The van der Waals surface area contributed by atoms with Crippen molar-refractivity contribution in [2.45, 2.75) is 31.4 Å². The van der Waals surface area contributed by atoms with Gasteiger partial charge in [-0.15, -0.1) is 0 Å². The van der Waals surface area contributed by atoms with E-state index in [1.807, 2.05) is 18.2 Å². The summed E-state index contributed by atoms with van der Waals surface area (Å²) >= 11 is 5.99. The highest BCUT2D eigenvalue weighted by Gasteiger charge is 2.21. The van der Waals surface area contributed by atoms with Crippen LogP contribution >= 0.6 is 11.6 Å². The van der Waals surface area contributed by atoms with E-state index in [1.165, 1.54) is 0 Å². The SMILES string of the molecule is COc1ccc(Cl)cc1C(N)CC1CCCO1. The molecule has 1 aromatic rings. The molecule has 1 saturated heterocycles. The number of methoxy groups -OCH3 is 1. The summed E-state index contributed by atoms with van der Waals surface area (Å²) in [6, 6.07) is 5.45. The van der Waals surface area contributed by atoms with Crippen LogP contribution in [0.3, 0.4) is 0 Å². The summed E-state index contributed by atoms with van der Waals surface area (Å²) in [5.74, 6) is 0.792. The fourth-order valence-electron chi connectivity index (χ4n) is 2.24. The Bertz CT molecular complexity index is 378. The van der Waals surface area contributed by atoms with E-state index in [2.05, 4.69) is 0 Å². The molecule has 0 radical (unpaired) electrons. The molecule has 2 rings (SSSR count). The maximum atomic E-state index is 6.20. The minimum absolute atomic E-state index is 0.0910. The Morgan fingerprint density at radius 2 is 2.41 bits per heavy atom. The molecule has 1 aliphatic rings. The zero-order valence-electron chi connectivity index (χ0n) is 9.99. The lowest BCUT2D eigenvalue weighted by Gasteiger charge is -2.19. The molecule has 0 amide bonds. The van der Waals surface area contributed by atoms with E-state index in [0.717, 1.165) is 37.2 Å². The average molecular weight is 256 g/mol. The number of benzene rings is 1. The van der Waals surface area contributed by atoms with Crippen molar-refractivity contribution in [3.63, 3.8) is 0 Å². The van der Waals surface area contributed by atoms with Crippen LogP contribution in [0.1, 0.15) is 30.9 Å². The van der Waals surface area contributed by atoms with Crippen LogP contribution in [0, 0.1) is 0 Å². The number of hydrogen-bond donors (Lipinski definition) is 1. The predicted octanol–water partition coefficient (Wildman–Crippen LogP) is 2.92. The molecule has 0 bridgehead atoms. The topological polar surface area (TPSA) is 44.5 Å². The standard InChI is InChI=1S/C13H18ClNO2/c1-16-13-5-4-9(14)7-11(13)12(15)8-10-3-2-6-17-10/h4-5,7,10,12H,2-3,6,8,15H2,1H3. The Balaban J connectivity index is 2.11. The molecule has 94 valence electrons. The lowest BCUT2D eigenvalue weighted by atomic mass is 9.99. The second kappa shape index (κ2) is 5.71. The Hall–Kier alpha value is -0.770. The van der Waals surface area contributed by atoms with E-state index in [4.69, 9.17) is 26.8 Å². The van der Waals surface area contributed by atoms with Crippen molar-refractivity contribution in [2.24, 2.45) is 5.73 Å². The second-order valence-corrected chi connectivity index (χ2v) is 4.80. The van der Waals surface area contributed by atoms with Gasteiger partial charge in [0.2, 0.25) is 0 Å². The molecule has 3 nitrogen and oxygen atoms in total. The van der Waals surface area contributed by atoms with E-state index in [1.54, 1.807) is 7.11 Å². The molecule has 1 aliphatic heterocycles. The van der Waals surface area contributed by atoms with Crippen molar-refractivity contribution in [1.82, 2.24) is 0 Å². The molecule has 2 unspecified atom stereocenters. The van der Waals surface area contributed by atoms with Gasteiger partial charge in [-0.2, -0.15) is 0 Å². The Morgan fingerprint density at radius 1 is 1.59 bits per heavy atom. The summed E-state index contributed by atoms with van der Waals surface area (Å²) in [6.07, 6.45) is 3.31. The second-order valence-electron chi connectivity index (χ2n) is 4.36. The molecule has 0 aliphatic carbocycles. The fraction of sp³-hybridized carbons (Fsp3) is 0.538. The molecule has 17 heavy (non-hydrogen) atoms. The van der Waals surface area contributed by atoms with Crippen LogP contribution in [0.15, 0.2) is 18.2 Å². The zero-order chi connectivity index (χ0) is 12.3. The molecule has 2 atom stereocenters. The van der Waals surface area contributed by atoms with E-state index < -0.39 is 0 Å². The van der Waals surface area contributed by atoms with Crippen molar-refractivity contribution in [1.29, 1.82) is 0 Å². The van der Waals surface area contributed by atoms with Crippen molar-refractivity contribution in [2.75, 3.05) is 13.7 Å². The predicted molar refractivity (Wildman–Crippen MR) is 68.5 cm³/mol. The molecule has 0 saturated carbocycles. The third-order valence-corrected chi connectivity index (χ3v) is 3.37. The third-order valence-electron chi connectivity index (χ3n) is 3.13. The van der Waals surface area contributed by atoms with Crippen molar-refractivity contribution in [3.05, 3.63) is 28.8 Å². The van der Waals surface area contributed by atoms with Gasteiger partial charge in [0.15, 0.2) is 0 Å². The number of halogens is 1. The van der Waals surface area contributed by atoms with Gasteiger partial charge in [0, 0.05) is 23.2 Å². The molecule has 1 aromatic carbocycles. The highest BCUT2D eigenvalue weighted by molar-refractivity contribution is 6.30. The zero-order valence-corrected chi connectivity index (χ0v) is 10.7. The quantitative estimate of drug-likeness (QED) is 0.900.